The highest BCUT2D eigenvalue weighted by Gasteiger charge is 2.20. The second kappa shape index (κ2) is 9.22. The molecule has 144 valence electrons. The van der Waals surface area contributed by atoms with Gasteiger partial charge >= 0.3 is 0 Å². The standard InChI is InChI=1S/C21H27N3O2S/c1-3-13-24-20(26)17-11-7-8-12-18(17)23-21(24)27-15(2)19(25)22-14-16-9-5-4-6-10-16/h3,7-8,11-12,15-16H,1,4-6,9-10,13-14H2,2H3,(H,22,25). The molecule has 2 aromatic rings. The van der Waals surface area contributed by atoms with E-state index in [1.807, 2.05) is 25.1 Å². The lowest BCUT2D eigenvalue weighted by molar-refractivity contribution is -0.120. The molecule has 1 aliphatic carbocycles. The Bertz CT molecular complexity index is 871. The van der Waals surface area contributed by atoms with Gasteiger partial charge in [-0.1, -0.05) is 49.2 Å². The van der Waals surface area contributed by atoms with Crippen LogP contribution in [0.25, 0.3) is 10.9 Å². The van der Waals surface area contributed by atoms with Gasteiger partial charge < -0.3 is 5.32 Å². The zero-order valence-electron chi connectivity index (χ0n) is 15.8. The van der Waals surface area contributed by atoms with Crippen LogP contribution in [0.5, 0.6) is 0 Å². The molecule has 1 N–H and O–H groups in total. The number of carbonyl (C=O) groups excluding carboxylic acids is 1. The molecule has 1 aliphatic rings. The number of aromatic nitrogens is 2. The second-order valence-corrected chi connectivity index (χ2v) is 8.43. The molecule has 1 saturated carbocycles. The molecule has 5 nitrogen and oxygen atoms in total. The third-order valence-electron chi connectivity index (χ3n) is 5.08. The van der Waals surface area contributed by atoms with Gasteiger partial charge in [0.2, 0.25) is 5.91 Å². The maximum atomic E-state index is 12.8. The van der Waals surface area contributed by atoms with Crippen LogP contribution in [0.2, 0.25) is 0 Å². The number of para-hydroxylation sites is 1. The lowest BCUT2D eigenvalue weighted by atomic mass is 9.89. The van der Waals surface area contributed by atoms with Gasteiger partial charge in [0.25, 0.3) is 5.56 Å². The number of nitrogens with one attached hydrogen (secondary N) is 1. The fourth-order valence-corrected chi connectivity index (χ4v) is 4.46. The molecule has 1 amide bonds. The third kappa shape index (κ3) is 4.80. The largest absolute Gasteiger partial charge is 0.355 e. The average molecular weight is 386 g/mol. The molecule has 3 rings (SSSR count). The predicted octanol–water partition coefficient (Wildman–Crippen LogP) is 3.76. The monoisotopic (exact) mass is 385 g/mol. The number of carbonyl (C=O) groups is 1. The van der Waals surface area contributed by atoms with Crippen LogP contribution in [0.4, 0.5) is 0 Å². The van der Waals surface area contributed by atoms with Gasteiger partial charge in [-0.3, -0.25) is 14.2 Å². The van der Waals surface area contributed by atoms with Crippen LogP contribution in [-0.2, 0) is 11.3 Å². The topological polar surface area (TPSA) is 64.0 Å². The zero-order valence-corrected chi connectivity index (χ0v) is 16.6. The van der Waals surface area contributed by atoms with Gasteiger partial charge in [-0.05, 0) is 37.8 Å². The van der Waals surface area contributed by atoms with Crippen molar-refractivity contribution in [3.63, 3.8) is 0 Å². The van der Waals surface area contributed by atoms with E-state index in [9.17, 15) is 9.59 Å². The molecule has 1 heterocycles. The summed E-state index contributed by atoms with van der Waals surface area (Å²) < 4.78 is 1.59. The van der Waals surface area contributed by atoms with Gasteiger partial charge in [0.15, 0.2) is 5.16 Å². The van der Waals surface area contributed by atoms with Crippen molar-refractivity contribution in [2.75, 3.05) is 6.54 Å². The van der Waals surface area contributed by atoms with Crippen LogP contribution < -0.4 is 10.9 Å². The number of nitrogens with zero attached hydrogens (tertiary/aromatic N) is 2. The highest BCUT2D eigenvalue weighted by Crippen LogP contribution is 2.24. The fourth-order valence-electron chi connectivity index (χ4n) is 3.52. The van der Waals surface area contributed by atoms with Crippen molar-refractivity contribution in [1.82, 2.24) is 14.9 Å². The number of allylic oxidation sites excluding steroid dienone is 1. The van der Waals surface area contributed by atoms with Crippen molar-refractivity contribution in [2.24, 2.45) is 5.92 Å². The third-order valence-corrected chi connectivity index (χ3v) is 6.17. The first-order valence-electron chi connectivity index (χ1n) is 9.65. The Kier molecular flexibility index (Phi) is 6.72. The molecule has 0 radical (unpaired) electrons. The first kappa shape index (κ1) is 19.7. The molecule has 6 heteroatoms. The van der Waals surface area contributed by atoms with Crippen LogP contribution in [-0.4, -0.2) is 27.3 Å². The molecular formula is C21H27N3O2S. The van der Waals surface area contributed by atoms with Crippen LogP contribution in [0.1, 0.15) is 39.0 Å². The first-order chi connectivity index (χ1) is 13.1. The zero-order chi connectivity index (χ0) is 19.2. The minimum atomic E-state index is -0.322. The molecule has 0 bridgehead atoms. The molecule has 0 saturated heterocycles. The summed E-state index contributed by atoms with van der Waals surface area (Å²) >= 11 is 1.33. The van der Waals surface area contributed by atoms with Gasteiger partial charge in [-0.15, -0.1) is 6.58 Å². The molecule has 1 fully saturated rings. The molecule has 1 unspecified atom stereocenters. The number of thioether (sulfide) groups is 1. The van der Waals surface area contributed by atoms with Crippen molar-refractivity contribution in [2.45, 2.75) is 56.0 Å². The predicted molar refractivity (Wildman–Crippen MR) is 111 cm³/mol. The molecule has 27 heavy (non-hydrogen) atoms. The molecular weight excluding hydrogens is 358 g/mol. The van der Waals surface area contributed by atoms with Crippen LogP contribution in [0, 0.1) is 5.92 Å². The highest BCUT2D eigenvalue weighted by molar-refractivity contribution is 8.00. The molecule has 0 spiro atoms. The highest BCUT2D eigenvalue weighted by atomic mass is 32.2. The van der Waals surface area contributed by atoms with Crippen molar-refractivity contribution < 1.29 is 4.79 Å². The summed E-state index contributed by atoms with van der Waals surface area (Å²) in [5.41, 5.74) is 0.554. The van der Waals surface area contributed by atoms with E-state index in [-0.39, 0.29) is 16.7 Å². The quantitative estimate of drug-likeness (QED) is 0.448. The summed E-state index contributed by atoms with van der Waals surface area (Å²) in [6, 6.07) is 7.30. The summed E-state index contributed by atoms with van der Waals surface area (Å²) in [4.78, 5) is 29.9. The van der Waals surface area contributed by atoms with E-state index in [1.54, 1.807) is 16.7 Å². The lowest BCUT2D eigenvalue weighted by Gasteiger charge is -2.22. The van der Waals surface area contributed by atoms with Gasteiger partial charge in [0, 0.05) is 13.1 Å². The SMILES string of the molecule is C=CCn1c(SC(C)C(=O)NCC2CCCCC2)nc2ccccc2c1=O. The van der Waals surface area contributed by atoms with E-state index in [1.165, 1.54) is 43.9 Å². The maximum absolute atomic E-state index is 12.8. The Morgan fingerprint density at radius 3 is 2.85 bits per heavy atom. The Morgan fingerprint density at radius 1 is 1.37 bits per heavy atom. The fraction of sp³-hybridized carbons (Fsp3) is 0.476. The van der Waals surface area contributed by atoms with Gasteiger partial charge in [-0.25, -0.2) is 4.98 Å². The van der Waals surface area contributed by atoms with Crippen LogP contribution >= 0.6 is 11.8 Å². The van der Waals surface area contributed by atoms with Crippen molar-refractivity contribution in [1.29, 1.82) is 0 Å². The average Bonchev–Trinajstić information content (AvgIpc) is 2.70. The number of hydrogen-bond donors (Lipinski definition) is 1. The van der Waals surface area contributed by atoms with Crippen molar-refractivity contribution in [3.8, 4) is 0 Å². The molecule has 1 aromatic heterocycles. The second-order valence-electron chi connectivity index (χ2n) is 7.13. The summed E-state index contributed by atoms with van der Waals surface area (Å²) in [6.45, 7) is 6.71. The Hall–Kier alpha value is -2.08. The van der Waals surface area contributed by atoms with E-state index in [4.69, 9.17) is 0 Å². The summed E-state index contributed by atoms with van der Waals surface area (Å²) in [7, 11) is 0. The molecule has 1 aromatic carbocycles. The van der Waals surface area contributed by atoms with E-state index >= 15 is 0 Å². The van der Waals surface area contributed by atoms with Crippen LogP contribution in [0.3, 0.4) is 0 Å². The van der Waals surface area contributed by atoms with E-state index in [0.29, 0.717) is 28.5 Å². The van der Waals surface area contributed by atoms with E-state index in [0.717, 1.165) is 6.54 Å². The molecule has 1 atom stereocenters. The maximum Gasteiger partial charge on any atom is 0.262 e. The smallest absolute Gasteiger partial charge is 0.262 e. The number of hydrogen-bond acceptors (Lipinski definition) is 4. The van der Waals surface area contributed by atoms with E-state index in [2.05, 4.69) is 16.9 Å². The first-order valence-corrected chi connectivity index (χ1v) is 10.5. The Labute approximate surface area is 164 Å². The van der Waals surface area contributed by atoms with Gasteiger partial charge in [0.05, 0.1) is 16.2 Å². The number of fused-ring (bicyclic) bond motifs is 1. The molecule has 0 aliphatic heterocycles. The lowest BCUT2D eigenvalue weighted by Crippen LogP contribution is -2.35. The minimum absolute atomic E-state index is 0.00173. The Morgan fingerprint density at radius 2 is 2.11 bits per heavy atom. The normalized spacial score (nSPS) is 16.2. The van der Waals surface area contributed by atoms with Crippen molar-refractivity contribution >= 4 is 28.6 Å². The number of benzene rings is 1. The van der Waals surface area contributed by atoms with Gasteiger partial charge in [0.1, 0.15) is 0 Å². The number of amides is 1. The van der Waals surface area contributed by atoms with Crippen LogP contribution in [0.15, 0.2) is 46.9 Å². The Balaban J connectivity index is 1.74. The summed E-state index contributed by atoms with van der Waals surface area (Å²) in [6.07, 6.45) is 7.92. The number of rotatable bonds is 7. The van der Waals surface area contributed by atoms with Gasteiger partial charge in [-0.2, -0.15) is 0 Å². The van der Waals surface area contributed by atoms with Crippen molar-refractivity contribution in [3.05, 3.63) is 47.3 Å². The van der Waals surface area contributed by atoms with E-state index < -0.39 is 0 Å². The minimum Gasteiger partial charge on any atom is -0.355 e. The summed E-state index contributed by atoms with van der Waals surface area (Å²) in [5.74, 6) is 0.593. The summed E-state index contributed by atoms with van der Waals surface area (Å²) in [5, 5.41) is 3.90.